The maximum absolute atomic E-state index is 12.5. The van der Waals surface area contributed by atoms with Gasteiger partial charge in [0, 0.05) is 19.6 Å². The SMILES string of the molecule is CCC/C=C\CCCCCCCCOCC(COP(=O)(O)OCCN)OC(=O)CCCCCCC/C=C\CCCCCCC. The third kappa shape index (κ3) is 32.4. The first kappa shape index (κ1) is 43.0. The van der Waals surface area contributed by atoms with Crippen LogP contribution >= 0.6 is 7.82 Å². The Morgan fingerprint density at radius 3 is 1.75 bits per heavy atom. The van der Waals surface area contributed by atoms with E-state index in [-0.39, 0.29) is 32.3 Å². The zero-order valence-corrected chi connectivity index (χ0v) is 29.3. The van der Waals surface area contributed by atoms with Gasteiger partial charge in [0.05, 0.1) is 19.8 Å². The molecule has 0 aliphatic rings. The van der Waals surface area contributed by atoms with Gasteiger partial charge in [-0.15, -0.1) is 0 Å². The molecule has 0 saturated carbocycles. The van der Waals surface area contributed by atoms with E-state index in [4.69, 9.17) is 24.3 Å². The van der Waals surface area contributed by atoms with Gasteiger partial charge in [-0.05, 0) is 57.8 Å². The minimum Gasteiger partial charge on any atom is -0.457 e. The van der Waals surface area contributed by atoms with E-state index in [2.05, 4.69) is 38.2 Å². The van der Waals surface area contributed by atoms with Crippen molar-refractivity contribution < 1.29 is 32.8 Å². The lowest BCUT2D eigenvalue weighted by Gasteiger charge is -2.20. The van der Waals surface area contributed by atoms with Crippen LogP contribution in [-0.2, 0) is 27.9 Å². The van der Waals surface area contributed by atoms with Crippen LogP contribution in [0.3, 0.4) is 0 Å². The molecule has 0 fully saturated rings. The Hall–Kier alpha value is -1.02. The van der Waals surface area contributed by atoms with E-state index in [0.717, 1.165) is 44.9 Å². The number of phosphoric ester groups is 1. The van der Waals surface area contributed by atoms with Crippen LogP contribution in [0.1, 0.15) is 155 Å². The second kappa shape index (κ2) is 33.3. The average molecular weight is 646 g/mol. The number of esters is 1. The summed E-state index contributed by atoms with van der Waals surface area (Å²) in [5, 5.41) is 0. The van der Waals surface area contributed by atoms with Gasteiger partial charge in [-0.2, -0.15) is 0 Å². The second-order valence-electron chi connectivity index (χ2n) is 11.7. The second-order valence-corrected chi connectivity index (χ2v) is 13.2. The molecule has 2 unspecified atom stereocenters. The Kier molecular flexibility index (Phi) is 32.6. The van der Waals surface area contributed by atoms with Crippen LogP contribution in [0.5, 0.6) is 0 Å². The monoisotopic (exact) mass is 645 g/mol. The summed E-state index contributed by atoms with van der Waals surface area (Å²) in [6.45, 7) is 4.82. The maximum atomic E-state index is 12.5. The fourth-order valence-corrected chi connectivity index (χ4v) is 5.46. The van der Waals surface area contributed by atoms with Crippen LogP contribution < -0.4 is 5.73 Å². The number of ether oxygens (including phenoxy) is 2. The van der Waals surface area contributed by atoms with Gasteiger partial charge < -0.3 is 20.1 Å². The van der Waals surface area contributed by atoms with Crippen molar-refractivity contribution in [2.45, 2.75) is 161 Å². The van der Waals surface area contributed by atoms with Gasteiger partial charge in [0.15, 0.2) is 0 Å². The fraction of sp³-hybridized carbons (Fsp3) is 0.857. The molecule has 0 aliphatic carbocycles. The van der Waals surface area contributed by atoms with E-state index in [9.17, 15) is 14.3 Å². The third-order valence-corrected chi connectivity index (χ3v) is 8.31. The van der Waals surface area contributed by atoms with Gasteiger partial charge in [-0.3, -0.25) is 13.8 Å². The number of carbonyl (C=O) groups excluding carboxylic acids is 1. The van der Waals surface area contributed by atoms with Crippen molar-refractivity contribution in [1.82, 2.24) is 0 Å². The Morgan fingerprint density at radius 1 is 0.659 bits per heavy atom. The highest BCUT2D eigenvalue weighted by molar-refractivity contribution is 7.47. The summed E-state index contributed by atoms with van der Waals surface area (Å²) in [7, 11) is -4.27. The lowest BCUT2D eigenvalue weighted by Crippen LogP contribution is -2.28. The van der Waals surface area contributed by atoms with E-state index >= 15 is 0 Å². The van der Waals surface area contributed by atoms with Gasteiger partial charge in [-0.1, -0.05) is 115 Å². The molecule has 0 saturated heterocycles. The van der Waals surface area contributed by atoms with E-state index in [1.54, 1.807) is 0 Å². The van der Waals surface area contributed by atoms with Gasteiger partial charge in [-0.25, -0.2) is 4.57 Å². The number of hydrogen-bond acceptors (Lipinski definition) is 7. The van der Waals surface area contributed by atoms with E-state index in [0.29, 0.717) is 13.0 Å². The molecule has 2 atom stereocenters. The Morgan fingerprint density at radius 2 is 1.18 bits per heavy atom. The van der Waals surface area contributed by atoms with Crippen molar-refractivity contribution in [3.05, 3.63) is 24.3 Å². The van der Waals surface area contributed by atoms with Crippen LogP contribution in [0.2, 0.25) is 0 Å². The van der Waals surface area contributed by atoms with Crippen molar-refractivity contribution in [2.24, 2.45) is 5.73 Å². The summed E-state index contributed by atoms with van der Waals surface area (Å²) in [5.41, 5.74) is 5.34. The number of carbonyl (C=O) groups is 1. The molecule has 0 radical (unpaired) electrons. The summed E-state index contributed by atoms with van der Waals surface area (Å²) in [4.78, 5) is 22.3. The Bertz CT molecular complexity index is 732. The van der Waals surface area contributed by atoms with E-state index in [1.807, 2.05) is 0 Å². The lowest BCUT2D eigenvalue weighted by atomic mass is 10.1. The minimum atomic E-state index is -4.27. The number of allylic oxidation sites excluding steroid dienone is 4. The molecule has 0 bridgehead atoms. The highest BCUT2D eigenvalue weighted by Gasteiger charge is 2.25. The molecule has 0 rings (SSSR count). The molecule has 3 N–H and O–H groups in total. The predicted molar refractivity (Wildman–Crippen MR) is 183 cm³/mol. The largest absolute Gasteiger partial charge is 0.472 e. The quantitative estimate of drug-likeness (QED) is 0.0307. The topological polar surface area (TPSA) is 117 Å². The van der Waals surface area contributed by atoms with Crippen LogP contribution in [0, 0.1) is 0 Å². The van der Waals surface area contributed by atoms with Crippen LogP contribution in [0.15, 0.2) is 24.3 Å². The summed E-state index contributed by atoms with van der Waals surface area (Å²) < 4.78 is 33.2. The molecule has 260 valence electrons. The van der Waals surface area contributed by atoms with Crippen molar-refractivity contribution in [2.75, 3.05) is 33.0 Å². The molecule has 9 heteroatoms. The third-order valence-electron chi connectivity index (χ3n) is 7.32. The van der Waals surface area contributed by atoms with Crippen LogP contribution in [0.4, 0.5) is 0 Å². The maximum Gasteiger partial charge on any atom is 0.472 e. The van der Waals surface area contributed by atoms with Crippen molar-refractivity contribution >= 4 is 13.8 Å². The molecule has 8 nitrogen and oxygen atoms in total. The van der Waals surface area contributed by atoms with Crippen LogP contribution in [0.25, 0.3) is 0 Å². The lowest BCUT2D eigenvalue weighted by molar-refractivity contribution is -0.154. The highest BCUT2D eigenvalue weighted by atomic mass is 31.2. The number of rotatable bonds is 34. The highest BCUT2D eigenvalue weighted by Crippen LogP contribution is 2.43. The molecule has 0 aliphatic heterocycles. The summed E-state index contributed by atoms with van der Waals surface area (Å²) in [6.07, 6.45) is 33.3. The Labute approximate surface area is 270 Å². The van der Waals surface area contributed by atoms with Crippen molar-refractivity contribution in [3.63, 3.8) is 0 Å². The minimum absolute atomic E-state index is 0.0975. The summed E-state index contributed by atoms with van der Waals surface area (Å²) in [6, 6.07) is 0. The summed E-state index contributed by atoms with van der Waals surface area (Å²) >= 11 is 0. The normalized spacial score (nSPS) is 14.0. The van der Waals surface area contributed by atoms with Crippen molar-refractivity contribution in [1.29, 1.82) is 0 Å². The molecule has 0 spiro atoms. The number of hydrogen-bond donors (Lipinski definition) is 2. The first-order valence-corrected chi connectivity index (χ1v) is 19.3. The smallest absolute Gasteiger partial charge is 0.457 e. The van der Waals surface area contributed by atoms with Gasteiger partial charge in [0.25, 0.3) is 0 Å². The molecule has 0 aromatic rings. The molecule has 0 heterocycles. The zero-order valence-electron chi connectivity index (χ0n) is 28.4. The molecule has 0 aromatic heterocycles. The first-order valence-electron chi connectivity index (χ1n) is 17.8. The number of phosphoric acid groups is 1. The Balaban J connectivity index is 4.14. The van der Waals surface area contributed by atoms with Gasteiger partial charge in [0.2, 0.25) is 0 Å². The molecule has 44 heavy (non-hydrogen) atoms. The first-order chi connectivity index (χ1) is 21.4. The number of nitrogens with two attached hydrogens (primary N) is 1. The van der Waals surface area contributed by atoms with E-state index in [1.165, 1.54) is 89.9 Å². The predicted octanol–water partition coefficient (Wildman–Crippen LogP) is 9.74. The van der Waals surface area contributed by atoms with Crippen molar-refractivity contribution in [3.8, 4) is 0 Å². The zero-order chi connectivity index (χ0) is 32.4. The standard InChI is InChI=1S/C35H68NO7P/c1-3-5-7-9-11-13-15-16-17-18-20-22-24-26-28-35(37)43-34(33-42-44(38,39)41-31-29-36)32-40-30-27-25-23-21-19-14-12-10-8-6-4-2/h8,10,15-16,34H,3-7,9,11-14,17-33,36H2,1-2H3,(H,38,39)/b10-8-,16-15-. The summed E-state index contributed by atoms with van der Waals surface area (Å²) in [5.74, 6) is -0.343. The average Bonchev–Trinajstić information content (AvgIpc) is 3.01. The van der Waals surface area contributed by atoms with Gasteiger partial charge in [0.1, 0.15) is 6.10 Å². The number of unbranched alkanes of at least 4 members (excludes halogenated alkanes) is 17. The fourth-order valence-electron chi connectivity index (χ4n) is 4.70. The van der Waals surface area contributed by atoms with Crippen LogP contribution in [-0.4, -0.2) is 49.9 Å². The molecule has 0 aromatic carbocycles. The molecule has 0 amide bonds. The molecular formula is C35H68NO7P. The molecular weight excluding hydrogens is 577 g/mol. The van der Waals surface area contributed by atoms with Gasteiger partial charge >= 0.3 is 13.8 Å². The van der Waals surface area contributed by atoms with E-state index < -0.39 is 13.9 Å².